The number of sulfonamides is 1. The Morgan fingerprint density at radius 2 is 1.86 bits per heavy atom. The summed E-state index contributed by atoms with van der Waals surface area (Å²) in [5.74, 6) is -2.01. The van der Waals surface area contributed by atoms with Gasteiger partial charge in [-0.15, -0.1) is 0 Å². The SMILES string of the molecule is CC(C)[C@H](NS(=O)(=O)c1cc(C(=O)N(C)C)n(C)c1)C(=O)O. The Labute approximate surface area is 129 Å². The number of aliphatic carboxylic acids is 1. The van der Waals surface area contributed by atoms with E-state index in [1.165, 1.54) is 21.7 Å². The van der Waals surface area contributed by atoms with E-state index in [0.29, 0.717) is 0 Å². The lowest BCUT2D eigenvalue weighted by molar-refractivity contribution is -0.140. The molecular formula is C13H21N3O5S. The number of rotatable bonds is 6. The second-order valence-electron chi connectivity index (χ2n) is 5.55. The molecule has 0 spiro atoms. The third-order valence-corrected chi connectivity index (χ3v) is 4.54. The maximum Gasteiger partial charge on any atom is 0.322 e. The zero-order valence-corrected chi connectivity index (χ0v) is 14.0. The Bertz CT molecular complexity index is 676. The first kappa shape index (κ1) is 18.2. The summed E-state index contributed by atoms with van der Waals surface area (Å²) >= 11 is 0. The van der Waals surface area contributed by atoms with Gasteiger partial charge in [0.25, 0.3) is 5.91 Å². The van der Waals surface area contributed by atoms with Crippen LogP contribution in [0.4, 0.5) is 0 Å². The molecule has 1 aromatic rings. The highest BCUT2D eigenvalue weighted by Gasteiger charge is 2.29. The van der Waals surface area contributed by atoms with Crippen LogP contribution in [0, 0.1) is 5.92 Å². The van der Waals surface area contributed by atoms with Crippen molar-refractivity contribution in [3.8, 4) is 0 Å². The van der Waals surface area contributed by atoms with Crippen molar-refractivity contribution in [3.05, 3.63) is 18.0 Å². The van der Waals surface area contributed by atoms with Gasteiger partial charge in [0.05, 0.1) is 0 Å². The van der Waals surface area contributed by atoms with Gasteiger partial charge in [-0.25, -0.2) is 8.42 Å². The maximum atomic E-state index is 12.3. The summed E-state index contributed by atoms with van der Waals surface area (Å²) in [6, 6.07) is -0.0117. The van der Waals surface area contributed by atoms with Crippen LogP contribution < -0.4 is 4.72 Å². The molecule has 1 amide bonds. The molecule has 0 saturated heterocycles. The summed E-state index contributed by atoms with van der Waals surface area (Å²) in [7, 11) is 0.629. The van der Waals surface area contributed by atoms with Crippen LogP contribution in [-0.2, 0) is 21.9 Å². The highest BCUT2D eigenvalue weighted by atomic mass is 32.2. The van der Waals surface area contributed by atoms with Gasteiger partial charge >= 0.3 is 5.97 Å². The third-order valence-electron chi connectivity index (χ3n) is 3.13. The van der Waals surface area contributed by atoms with Crippen molar-refractivity contribution in [1.82, 2.24) is 14.2 Å². The van der Waals surface area contributed by atoms with Crippen LogP contribution in [0.5, 0.6) is 0 Å². The summed E-state index contributed by atoms with van der Waals surface area (Å²) in [6.07, 6.45) is 1.28. The fourth-order valence-electron chi connectivity index (χ4n) is 1.83. The smallest absolute Gasteiger partial charge is 0.322 e. The number of carbonyl (C=O) groups is 2. The summed E-state index contributed by atoms with van der Waals surface area (Å²) < 4.78 is 28.1. The van der Waals surface area contributed by atoms with Crippen LogP contribution in [0.2, 0.25) is 0 Å². The van der Waals surface area contributed by atoms with Crippen molar-refractivity contribution < 1.29 is 23.1 Å². The lowest BCUT2D eigenvalue weighted by atomic mass is 10.1. The lowest BCUT2D eigenvalue weighted by Crippen LogP contribution is -2.44. The van der Waals surface area contributed by atoms with Crippen LogP contribution in [0.1, 0.15) is 24.3 Å². The number of nitrogens with one attached hydrogen (secondary N) is 1. The van der Waals surface area contributed by atoms with Gasteiger partial charge in [-0.05, 0) is 12.0 Å². The minimum Gasteiger partial charge on any atom is -0.480 e. The van der Waals surface area contributed by atoms with Crippen LogP contribution in [-0.4, -0.2) is 55.0 Å². The van der Waals surface area contributed by atoms with Gasteiger partial charge in [-0.3, -0.25) is 9.59 Å². The number of carboxylic acid groups (broad SMARTS) is 1. The minimum atomic E-state index is -4.03. The molecule has 0 bridgehead atoms. The molecule has 0 aromatic carbocycles. The Balaban J connectivity index is 3.17. The molecule has 0 aliphatic carbocycles. The number of aromatic nitrogens is 1. The minimum absolute atomic E-state index is 0.146. The van der Waals surface area contributed by atoms with Crippen LogP contribution in [0.3, 0.4) is 0 Å². The number of carboxylic acids is 1. The monoisotopic (exact) mass is 331 g/mol. The largest absolute Gasteiger partial charge is 0.480 e. The van der Waals surface area contributed by atoms with Gasteiger partial charge in [0.15, 0.2) is 0 Å². The Hall–Kier alpha value is -1.87. The molecule has 1 atom stereocenters. The molecule has 1 heterocycles. The fraction of sp³-hybridized carbons (Fsp3) is 0.538. The molecule has 0 saturated carbocycles. The van der Waals surface area contributed by atoms with E-state index in [-0.39, 0.29) is 16.5 Å². The first-order chi connectivity index (χ1) is 9.97. The molecule has 1 aromatic heterocycles. The number of amides is 1. The van der Waals surface area contributed by atoms with Crippen molar-refractivity contribution in [3.63, 3.8) is 0 Å². The quantitative estimate of drug-likeness (QED) is 0.769. The number of hydrogen-bond donors (Lipinski definition) is 2. The van der Waals surface area contributed by atoms with E-state index in [9.17, 15) is 18.0 Å². The van der Waals surface area contributed by atoms with Gasteiger partial charge < -0.3 is 14.6 Å². The Morgan fingerprint density at radius 3 is 2.27 bits per heavy atom. The second-order valence-corrected chi connectivity index (χ2v) is 7.27. The van der Waals surface area contributed by atoms with E-state index < -0.39 is 28.0 Å². The third kappa shape index (κ3) is 3.86. The van der Waals surface area contributed by atoms with Crippen LogP contribution in [0.15, 0.2) is 17.2 Å². The first-order valence-corrected chi connectivity index (χ1v) is 8.09. The van der Waals surface area contributed by atoms with E-state index in [0.717, 1.165) is 0 Å². The van der Waals surface area contributed by atoms with E-state index in [2.05, 4.69) is 4.72 Å². The second kappa shape index (κ2) is 6.49. The average Bonchev–Trinajstić information content (AvgIpc) is 2.77. The molecule has 8 nitrogen and oxygen atoms in total. The molecule has 124 valence electrons. The van der Waals surface area contributed by atoms with E-state index in [4.69, 9.17) is 5.11 Å². The Morgan fingerprint density at radius 1 is 1.32 bits per heavy atom. The molecule has 9 heteroatoms. The van der Waals surface area contributed by atoms with Crippen molar-refractivity contribution >= 4 is 21.9 Å². The van der Waals surface area contributed by atoms with Gasteiger partial charge in [-0.1, -0.05) is 13.8 Å². The number of aryl methyl sites for hydroxylation is 1. The lowest BCUT2D eigenvalue weighted by Gasteiger charge is -2.17. The topological polar surface area (TPSA) is 109 Å². The van der Waals surface area contributed by atoms with Gasteiger partial charge in [0.1, 0.15) is 16.6 Å². The summed E-state index contributed by atoms with van der Waals surface area (Å²) in [6.45, 7) is 3.21. The maximum absolute atomic E-state index is 12.3. The molecule has 0 aliphatic heterocycles. The van der Waals surface area contributed by atoms with Crippen molar-refractivity contribution in [2.75, 3.05) is 14.1 Å². The molecule has 0 fully saturated rings. The molecule has 0 unspecified atom stereocenters. The fourth-order valence-corrected chi connectivity index (χ4v) is 3.24. The number of nitrogens with zero attached hydrogens (tertiary/aromatic N) is 2. The van der Waals surface area contributed by atoms with E-state index >= 15 is 0 Å². The van der Waals surface area contributed by atoms with Gasteiger partial charge in [0, 0.05) is 27.3 Å². The number of hydrogen-bond acceptors (Lipinski definition) is 4. The highest BCUT2D eigenvalue weighted by Crippen LogP contribution is 2.16. The zero-order chi connectivity index (χ0) is 17.2. The van der Waals surface area contributed by atoms with Gasteiger partial charge in [-0.2, -0.15) is 4.72 Å². The van der Waals surface area contributed by atoms with Crippen molar-refractivity contribution in [1.29, 1.82) is 0 Å². The molecule has 0 radical (unpaired) electrons. The molecule has 0 aliphatic rings. The normalized spacial score (nSPS) is 13.2. The van der Waals surface area contributed by atoms with Crippen molar-refractivity contribution in [2.45, 2.75) is 24.8 Å². The predicted octanol–water partition coefficient (Wildman–Crippen LogP) is 0.114. The van der Waals surface area contributed by atoms with Crippen LogP contribution >= 0.6 is 0 Å². The summed E-state index contributed by atoms with van der Waals surface area (Å²) in [5, 5.41) is 9.08. The zero-order valence-electron chi connectivity index (χ0n) is 13.2. The number of carbonyl (C=O) groups excluding carboxylic acids is 1. The summed E-state index contributed by atoms with van der Waals surface area (Å²) in [4.78, 5) is 24.2. The van der Waals surface area contributed by atoms with E-state index in [1.54, 1.807) is 35.0 Å². The molecule has 22 heavy (non-hydrogen) atoms. The molecule has 2 N–H and O–H groups in total. The molecular weight excluding hydrogens is 310 g/mol. The van der Waals surface area contributed by atoms with E-state index in [1.807, 2.05) is 0 Å². The van der Waals surface area contributed by atoms with Crippen LogP contribution in [0.25, 0.3) is 0 Å². The molecule has 1 rings (SSSR count). The average molecular weight is 331 g/mol. The first-order valence-electron chi connectivity index (χ1n) is 6.60. The summed E-state index contributed by atoms with van der Waals surface area (Å²) in [5.41, 5.74) is 0.196. The standard InChI is InChI=1S/C13H21N3O5S/c1-8(2)11(13(18)19)14-22(20,21)9-6-10(16(5)7-9)12(17)15(3)4/h6-8,11,14H,1-5H3,(H,18,19)/t11-/m0/s1. The highest BCUT2D eigenvalue weighted by molar-refractivity contribution is 7.89. The predicted molar refractivity (Wildman–Crippen MR) is 80.0 cm³/mol. The van der Waals surface area contributed by atoms with Gasteiger partial charge in [0.2, 0.25) is 10.0 Å². The van der Waals surface area contributed by atoms with Crippen molar-refractivity contribution in [2.24, 2.45) is 13.0 Å². The Kier molecular flexibility index (Phi) is 5.36.